The van der Waals surface area contributed by atoms with E-state index in [1.165, 1.54) is 17.0 Å². The zero-order valence-corrected chi connectivity index (χ0v) is 12.8. The van der Waals surface area contributed by atoms with Gasteiger partial charge in [0.2, 0.25) is 0 Å². The fourth-order valence-corrected chi connectivity index (χ4v) is 2.32. The molecular formula is C17H25N3. The van der Waals surface area contributed by atoms with Crippen molar-refractivity contribution in [2.45, 2.75) is 45.7 Å². The molecule has 1 N–H and O–H groups in total. The molecule has 2 rings (SSSR count). The second-order valence-electron chi connectivity index (χ2n) is 5.41. The zero-order chi connectivity index (χ0) is 14.4. The van der Waals surface area contributed by atoms with Crippen molar-refractivity contribution in [3.8, 4) is 0 Å². The molecule has 3 nitrogen and oxygen atoms in total. The Balaban J connectivity index is 1.77. The van der Waals surface area contributed by atoms with Gasteiger partial charge in [0, 0.05) is 19.6 Å². The van der Waals surface area contributed by atoms with Gasteiger partial charge in [-0.1, -0.05) is 37.3 Å². The molecule has 0 aliphatic rings. The summed E-state index contributed by atoms with van der Waals surface area (Å²) in [5.41, 5.74) is 3.84. The van der Waals surface area contributed by atoms with Gasteiger partial charge in [-0.15, -0.1) is 0 Å². The maximum absolute atomic E-state index is 4.48. The summed E-state index contributed by atoms with van der Waals surface area (Å²) in [4.78, 5) is 0. The summed E-state index contributed by atoms with van der Waals surface area (Å²) in [5, 5.41) is 8.06. The van der Waals surface area contributed by atoms with E-state index in [4.69, 9.17) is 0 Å². The van der Waals surface area contributed by atoms with Crippen LogP contribution in [0.5, 0.6) is 0 Å². The van der Waals surface area contributed by atoms with Crippen molar-refractivity contribution >= 4 is 0 Å². The first-order chi connectivity index (χ1) is 9.69. The van der Waals surface area contributed by atoms with Crippen LogP contribution in [0.25, 0.3) is 0 Å². The highest BCUT2D eigenvalue weighted by Gasteiger charge is 2.06. The molecule has 0 saturated heterocycles. The number of aromatic nitrogens is 2. The molecule has 108 valence electrons. The van der Waals surface area contributed by atoms with Gasteiger partial charge in [0.1, 0.15) is 0 Å². The Morgan fingerprint density at radius 2 is 2.00 bits per heavy atom. The zero-order valence-electron chi connectivity index (χ0n) is 12.8. The summed E-state index contributed by atoms with van der Waals surface area (Å²) in [6.07, 6.45) is 3.28. The standard InChI is InChI=1S/C17H25N3/c1-4-16-12-17(20(3)19-16)13-18-14(2)10-11-15-8-6-5-7-9-15/h5-9,12,14,18H,4,10-11,13H2,1-3H3. The van der Waals surface area contributed by atoms with Crippen LogP contribution >= 0.6 is 0 Å². The number of aryl methyl sites for hydroxylation is 3. The maximum atomic E-state index is 4.48. The maximum Gasteiger partial charge on any atom is 0.0625 e. The average Bonchev–Trinajstić information content (AvgIpc) is 2.84. The van der Waals surface area contributed by atoms with Gasteiger partial charge < -0.3 is 5.32 Å². The van der Waals surface area contributed by atoms with E-state index in [0.29, 0.717) is 6.04 Å². The molecule has 1 aromatic heterocycles. The highest BCUT2D eigenvalue weighted by molar-refractivity contribution is 5.15. The van der Waals surface area contributed by atoms with Crippen molar-refractivity contribution in [3.63, 3.8) is 0 Å². The number of nitrogens with one attached hydrogen (secondary N) is 1. The van der Waals surface area contributed by atoms with Crippen LogP contribution in [0, 0.1) is 0 Å². The van der Waals surface area contributed by atoms with Crippen LogP contribution in [-0.4, -0.2) is 15.8 Å². The van der Waals surface area contributed by atoms with Gasteiger partial charge >= 0.3 is 0 Å². The highest BCUT2D eigenvalue weighted by atomic mass is 15.3. The molecule has 0 aliphatic heterocycles. The second kappa shape index (κ2) is 7.25. The predicted molar refractivity (Wildman–Crippen MR) is 83.7 cm³/mol. The van der Waals surface area contributed by atoms with Gasteiger partial charge in [-0.25, -0.2) is 0 Å². The third-order valence-electron chi connectivity index (χ3n) is 3.73. The molecule has 3 heteroatoms. The van der Waals surface area contributed by atoms with E-state index in [-0.39, 0.29) is 0 Å². The Kier molecular flexibility index (Phi) is 5.36. The summed E-state index contributed by atoms with van der Waals surface area (Å²) >= 11 is 0. The molecule has 2 aromatic rings. The lowest BCUT2D eigenvalue weighted by Crippen LogP contribution is -2.26. The van der Waals surface area contributed by atoms with E-state index >= 15 is 0 Å². The molecule has 0 bridgehead atoms. The lowest BCUT2D eigenvalue weighted by Gasteiger charge is -2.13. The number of benzene rings is 1. The monoisotopic (exact) mass is 271 g/mol. The minimum Gasteiger partial charge on any atom is -0.309 e. The van der Waals surface area contributed by atoms with Crippen molar-refractivity contribution in [1.29, 1.82) is 0 Å². The highest BCUT2D eigenvalue weighted by Crippen LogP contribution is 2.07. The van der Waals surface area contributed by atoms with Gasteiger partial charge in [0.25, 0.3) is 0 Å². The van der Waals surface area contributed by atoms with Crippen LogP contribution < -0.4 is 5.32 Å². The summed E-state index contributed by atoms with van der Waals surface area (Å²) < 4.78 is 1.98. The molecule has 20 heavy (non-hydrogen) atoms. The number of hydrogen-bond donors (Lipinski definition) is 1. The van der Waals surface area contributed by atoms with Crippen LogP contribution in [0.2, 0.25) is 0 Å². The lowest BCUT2D eigenvalue weighted by molar-refractivity contribution is 0.499. The molecular weight excluding hydrogens is 246 g/mol. The van der Waals surface area contributed by atoms with Crippen LogP contribution in [-0.2, 0) is 26.4 Å². The van der Waals surface area contributed by atoms with Crippen molar-refractivity contribution in [1.82, 2.24) is 15.1 Å². The van der Waals surface area contributed by atoms with Crippen LogP contribution in [0.3, 0.4) is 0 Å². The Hall–Kier alpha value is -1.61. The van der Waals surface area contributed by atoms with Gasteiger partial charge in [0.15, 0.2) is 0 Å². The molecule has 1 heterocycles. The van der Waals surface area contributed by atoms with Crippen molar-refractivity contribution in [2.75, 3.05) is 0 Å². The first-order valence-electron chi connectivity index (χ1n) is 7.48. The van der Waals surface area contributed by atoms with Gasteiger partial charge in [-0.05, 0) is 37.8 Å². The van der Waals surface area contributed by atoms with E-state index in [0.717, 1.165) is 25.8 Å². The van der Waals surface area contributed by atoms with E-state index in [1.807, 2.05) is 11.7 Å². The third kappa shape index (κ3) is 4.20. The van der Waals surface area contributed by atoms with E-state index in [2.05, 4.69) is 60.7 Å². The number of hydrogen-bond acceptors (Lipinski definition) is 2. The molecule has 0 fully saturated rings. The molecule has 1 aromatic carbocycles. The first kappa shape index (κ1) is 14.8. The molecule has 0 aliphatic carbocycles. The fourth-order valence-electron chi connectivity index (χ4n) is 2.32. The molecule has 1 unspecified atom stereocenters. The minimum absolute atomic E-state index is 0.509. The minimum atomic E-state index is 0.509. The number of rotatable bonds is 7. The van der Waals surface area contributed by atoms with E-state index in [1.54, 1.807) is 0 Å². The van der Waals surface area contributed by atoms with Crippen LogP contribution in [0.4, 0.5) is 0 Å². The average molecular weight is 271 g/mol. The van der Waals surface area contributed by atoms with Gasteiger partial charge in [0.05, 0.1) is 11.4 Å². The fraction of sp³-hybridized carbons (Fsp3) is 0.471. The SMILES string of the molecule is CCc1cc(CNC(C)CCc2ccccc2)n(C)n1. The Morgan fingerprint density at radius 1 is 1.25 bits per heavy atom. The predicted octanol–water partition coefficient (Wildman–Crippen LogP) is 3.09. The van der Waals surface area contributed by atoms with Crippen molar-refractivity contribution in [2.24, 2.45) is 7.05 Å². The Labute approximate surface area is 122 Å². The third-order valence-corrected chi connectivity index (χ3v) is 3.73. The largest absolute Gasteiger partial charge is 0.309 e. The quantitative estimate of drug-likeness (QED) is 0.838. The van der Waals surface area contributed by atoms with Crippen molar-refractivity contribution in [3.05, 3.63) is 53.3 Å². The Morgan fingerprint density at radius 3 is 2.65 bits per heavy atom. The van der Waals surface area contributed by atoms with Crippen molar-refractivity contribution < 1.29 is 0 Å². The normalized spacial score (nSPS) is 12.6. The van der Waals surface area contributed by atoms with E-state index in [9.17, 15) is 0 Å². The second-order valence-corrected chi connectivity index (χ2v) is 5.41. The van der Waals surface area contributed by atoms with E-state index < -0.39 is 0 Å². The molecule has 1 atom stereocenters. The summed E-state index contributed by atoms with van der Waals surface area (Å²) in [5.74, 6) is 0. The van der Waals surface area contributed by atoms with Gasteiger partial charge in [-0.3, -0.25) is 4.68 Å². The Bertz CT molecular complexity index is 516. The van der Waals surface area contributed by atoms with Crippen LogP contribution in [0.15, 0.2) is 36.4 Å². The lowest BCUT2D eigenvalue weighted by atomic mass is 10.1. The topological polar surface area (TPSA) is 29.9 Å². The van der Waals surface area contributed by atoms with Gasteiger partial charge in [-0.2, -0.15) is 5.10 Å². The molecule has 0 spiro atoms. The summed E-state index contributed by atoms with van der Waals surface area (Å²) in [7, 11) is 2.02. The van der Waals surface area contributed by atoms with Crippen LogP contribution in [0.1, 0.15) is 37.2 Å². The smallest absolute Gasteiger partial charge is 0.0625 e. The summed E-state index contributed by atoms with van der Waals surface area (Å²) in [6, 6.07) is 13.4. The first-order valence-corrected chi connectivity index (χ1v) is 7.48. The summed E-state index contributed by atoms with van der Waals surface area (Å²) in [6.45, 7) is 5.28. The molecule has 0 amide bonds. The molecule has 0 saturated carbocycles. The molecule has 0 radical (unpaired) electrons. The number of nitrogens with zero attached hydrogens (tertiary/aromatic N) is 2.